The quantitative estimate of drug-likeness (QED) is 0.873. The molecule has 1 aliphatic heterocycles. The fraction of sp³-hybridized carbons (Fsp3) is 0.562. The Labute approximate surface area is 137 Å². The van der Waals surface area contributed by atoms with Gasteiger partial charge < -0.3 is 11.1 Å². The number of benzene rings is 1. The molecule has 6 nitrogen and oxygen atoms in total. The van der Waals surface area contributed by atoms with E-state index in [2.05, 4.69) is 5.32 Å². The molecule has 1 saturated carbocycles. The molecule has 1 amide bonds. The number of anilines is 1. The lowest BCUT2D eigenvalue weighted by Crippen LogP contribution is -2.38. The van der Waals surface area contributed by atoms with E-state index in [1.165, 1.54) is 4.31 Å². The fourth-order valence-corrected chi connectivity index (χ4v) is 4.59. The third-order valence-corrected chi connectivity index (χ3v) is 6.66. The third-order valence-electron chi connectivity index (χ3n) is 4.62. The SMILES string of the molecule is Cc1ccc(NC(=O)C2(N)CC2)cc1S(=O)(=O)N1CCCCC1. The maximum absolute atomic E-state index is 12.8. The van der Waals surface area contributed by atoms with Gasteiger partial charge >= 0.3 is 0 Å². The Morgan fingerprint density at radius 1 is 1.22 bits per heavy atom. The number of carbonyl (C=O) groups excluding carboxylic acids is 1. The largest absolute Gasteiger partial charge is 0.324 e. The van der Waals surface area contributed by atoms with Crippen molar-refractivity contribution in [3.63, 3.8) is 0 Å². The molecule has 1 heterocycles. The van der Waals surface area contributed by atoms with Crippen molar-refractivity contribution in [2.24, 2.45) is 5.73 Å². The highest BCUT2D eigenvalue weighted by Crippen LogP contribution is 2.34. The summed E-state index contributed by atoms with van der Waals surface area (Å²) < 4.78 is 27.2. The van der Waals surface area contributed by atoms with Crippen LogP contribution in [0.1, 0.15) is 37.7 Å². The number of hydrogen-bond donors (Lipinski definition) is 2. The fourth-order valence-electron chi connectivity index (χ4n) is 2.82. The second kappa shape index (κ2) is 5.89. The van der Waals surface area contributed by atoms with Crippen molar-refractivity contribution in [2.45, 2.75) is 49.5 Å². The van der Waals surface area contributed by atoms with Crippen LogP contribution in [0.15, 0.2) is 23.1 Å². The molecule has 3 N–H and O–H groups in total. The molecule has 1 aromatic rings. The molecule has 0 unspecified atom stereocenters. The van der Waals surface area contributed by atoms with E-state index in [0.717, 1.165) is 19.3 Å². The van der Waals surface area contributed by atoms with E-state index in [0.29, 0.717) is 37.2 Å². The van der Waals surface area contributed by atoms with Crippen molar-refractivity contribution >= 4 is 21.6 Å². The highest BCUT2D eigenvalue weighted by Gasteiger charge is 2.46. The van der Waals surface area contributed by atoms with Gasteiger partial charge in [-0.1, -0.05) is 12.5 Å². The molecule has 3 rings (SSSR count). The van der Waals surface area contributed by atoms with Crippen molar-refractivity contribution in [3.05, 3.63) is 23.8 Å². The minimum atomic E-state index is -3.52. The number of hydrogen-bond acceptors (Lipinski definition) is 4. The van der Waals surface area contributed by atoms with Crippen molar-refractivity contribution in [3.8, 4) is 0 Å². The second-order valence-electron chi connectivity index (χ2n) is 6.56. The zero-order valence-electron chi connectivity index (χ0n) is 13.3. The average molecular weight is 337 g/mol. The number of piperidine rings is 1. The molecular weight excluding hydrogens is 314 g/mol. The zero-order valence-corrected chi connectivity index (χ0v) is 14.2. The number of rotatable bonds is 4. The minimum absolute atomic E-state index is 0.248. The summed E-state index contributed by atoms with van der Waals surface area (Å²) in [7, 11) is -3.52. The van der Waals surface area contributed by atoms with E-state index in [1.807, 2.05) is 0 Å². The first-order valence-electron chi connectivity index (χ1n) is 8.04. The molecule has 1 saturated heterocycles. The van der Waals surface area contributed by atoms with E-state index < -0.39 is 15.6 Å². The maximum atomic E-state index is 12.8. The van der Waals surface area contributed by atoms with Gasteiger partial charge in [-0.05, 0) is 50.3 Å². The Bertz CT molecular complexity index is 720. The predicted octanol–water partition coefficient (Wildman–Crippen LogP) is 1.60. The van der Waals surface area contributed by atoms with Gasteiger partial charge in [0, 0.05) is 18.8 Å². The lowest BCUT2D eigenvalue weighted by atomic mass is 10.2. The topological polar surface area (TPSA) is 92.5 Å². The number of amides is 1. The van der Waals surface area contributed by atoms with Crippen LogP contribution in [0.25, 0.3) is 0 Å². The van der Waals surface area contributed by atoms with E-state index in [4.69, 9.17) is 5.73 Å². The molecule has 0 radical (unpaired) electrons. The highest BCUT2D eigenvalue weighted by atomic mass is 32.2. The number of aryl methyl sites for hydroxylation is 1. The van der Waals surface area contributed by atoms with Crippen molar-refractivity contribution in [1.29, 1.82) is 0 Å². The van der Waals surface area contributed by atoms with Crippen LogP contribution in [-0.4, -0.2) is 37.3 Å². The van der Waals surface area contributed by atoms with Gasteiger partial charge in [0.05, 0.1) is 10.4 Å². The molecule has 2 aliphatic rings. The van der Waals surface area contributed by atoms with Crippen LogP contribution in [0.3, 0.4) is 0 Å². The minimum Gasteiger partial charge on any atom is -0.324 e. The first-order chi connectivity index (χ1) is 10.8. The molecule has 0 spiro atoms. The number of carbonyl (C=O) groups is 1. The monoisotopic (exact) mass is 337 g/mol. The van der Waals surface area contributed by atoms with Crippen LogP contribution >= 0.6 is 0 Å². The molecule has 0 aromatic heterocycles. The normalized spacial score (nSPS) is 21.0. The van der Waals surface area contributed by atoms with Gasteiger partial charge in [0.15, 0.2) is 0 Å². The Morgan fingerprint density at radius 2 is 1.87 bits per heavy atom. The molecule has 2 fully saturated rings. The van der Waals surface area contributed by atoms with E-state index in [9.17, 15) is 13.2 Å². The maximum Gasteiger partial charge on any atom is 0.244 e. The molecule has 23 heavy (non-hydrogen) atoms. The van der Waals surface area contributed by atoms with Gasteiger partial charge in [-0.25, -0.2) is 8.42 Å². The highest BCUT2D eigenvalue weighted by molar-refractivity contribution is 7.89. The van der Waals surface area contributed by atoms with Crippen LogP contribution < -0.4 is 11.1 Å². The third kappa shape index (κ3) is 3.27. The number of nitrogens with two attached hydrogens (primary N) is 1. The molecule has 1 aromatic carbocycles. The Morgan fingerprint density at radius 3 is 2.48 bits per heavy atom. The van der Waals surface area contributed by atoms with E-state index >= 15 is 0 Å². The van der Waals surface area contributed by atoms with Crippen LogP contribution in [0.4, 0.5) is 5.69 Å². The number of nitrogens with zero attached hydrogens (tertiary/aromatic N) is 1. The first kappa shape index (κ1) is 16.4. The van der Waals surface area contributed by atoms with Gasteiger partial charge in [-0.2, -0.15) is 4.31 Å². The number of sulfonamides is 1. The summed E-state index contributed by atoms with van der Waals surface area (Å²) >= 11 is 0. The van der Waals surface area contributed by atoms with Crippen LogP contribution in [0.2, 0.25) is 0 Å². The Balaban J connectivity index is 1.86. The van der Waals surface area contributed by atoms with Gasteiger partial charge in [0.1, 0.15) is 0 Å². The molecule has 1 aliphatic carbocycles. The molecule has 0 bridgehead atoms. The van der Waals surface area contributed by atoms with Crippen molar-refractivity contribution in [1.82, 2.24) is 4.31 Å². The van der Waals surface area contributed by atoms with Crippen LogP contribution in [-0.2, 0) is 14.8 Å². The summed E-state index contributed by atoms with van der Waals surface area (Å²) in [5, 5.41) is 2.74. The van der Waals surface area contributed by atoms with Crippen LogP contribution in [0, 0.1) is 6.92 Å². The summed E-state index contributed by atoms with van der Waals surface area (Å²) in [6.07, 6.45) is 4.20. The van der Waals surface area contributed by atoms with Gasteiger partial charge in [-0.15, -0.1) is 0 Å². The lowest BCUT2D eigenvalue weighted by molar-refractivity contribution is -0.118. The zero-order chi connectivity index (χ0) is 16.7. The van der Waals surface area contributed by atoms with Crippen molar-refractivity contribution < 1.29 is 13.2 Å². The molecule has 7 heteroatoms. The van der Waals surface area contributed by atoms with Crippen LogP contribution in [0.5, 0.6) is 0 Å². The first-order valence-corrected chi connectivity index (χ1v) is 9.48. The standard InChI is InChI=1S/C16H23N3O3S/c1-12-5-6-13(18-15(20)16(17)7-8-16)11-14(12)23(21,22)19-9-3-2-4-10-19/h5-6,11H,2-4,7-10,17H2,1H3,(H,18,20). The van der Waals surface area contributed by atoms with Gasteiger partial charge in [0.25, 0.3) is 0 Å². The van der Waals surface area contributed by atoms with Gasteiger partial charge in [-0.3, -0.25) is 4.79 Å². The second-order valence-corrected chi connectivity index (χ2v) is 8.46. The Hall–Kier alpha value is -1.44. The smallest absolute Gasteiger partial charge is 0.244 e. The van der Waals surface area contributed by atoms with E-state index in [1.54, 1.807) is 25.1 Å². The summed E-state index contributed by atoms with van der Waals surface area (Å²) in [4.78, 5) is 12.3. The molecule has 126 valence electrons. The van der Waals surface area contributed by atoms with Gasteiger partial charge in [0.2, 0.25) is 15.9 Å². The van der Waals surface area contributed by atoms with Crippen molar-refractivity contribution in [2.75, 3.05) is 18.4 Å². The average Bonchev–Trinajstić information content (AvgIpc) is 3.29. The van der Waals surface area contributed by atoms with E-state index in [-0.39, 0.29) is 10.8 Å². The summed E-state index contributed by atoms with van der Waals surface area (Å²) in [6, 6.07) is 4.99. The summed E-state index contributed by atoms with van der Waals surface area (Å²) in [6.45, 7) is 2.89. The molecular formula is C16H23N3O3S. The number of nitrogens with one attached hydrogen (secondary N) is 1. The lowest BCUT2D eigenvalue weighted by Gasteiger charge is -2.26. The summed E-state index contributed by atoms with van der Waals surface area (Å²) in [5.74, 6) is -0.248. The molecule has 0 atom stereocenters. The summed E-state index contributed by atoms with van der Waals surface area (Å²) in [5.41, 5.74) is 6.25. The predicted molar refractivity (Wildman–Crippen MR) is 88.6 cm³/mol. The Kier molecular flexibility index (Phi) is 4.20.